The van der Waals surface area contributed by atoms with Gasteiger partial charge in [0.1, 0.15) is 11.5 Å². The molecule has 102 valence electrons. The second-order valence-corrected chi connectivity index (χ2v) is 4.77. The fourth-order valence-corrected chi connectivity index (χ4v) is 2.57. The lowest BCUT2D eigenvalue weighted by atomic mass is 9.86. The van der Waals surface area contributed by atoms with Gasteiger partial charge in [0.05, 0.1) is 13.0 Å². The molecule has 1 aliphatic heterocycles. The molecule has 0 amide bonds. The highest BCUT2D eigenvalue weighted by Crippen LogP contribution is 2.40. The molecule has 1 unspecified atom stereocenters. The molecule has 0 radical (unpaired) electrons. The van der Waals surface area contributed by atoms with Crippen molar-refractivity contribution in [2.45, 2.75) is 19.3 Å². The summed E-state index contributed by atoms with van der Waals surface area (Å²) in [7, 11) is 0. The Kier molecular flexibility index (Phi) is 3.42. The minimum atomic E-state index is -0.185. The molecule has 0 saturated heterocycles. The van der Waals surface area contributed by atoms with Gasteiger partial charge in [0.25, 0.3) is 0 Å². The molecule has 3 nitrogen and oxygen atoms in total. The van der Waals surface area contributed by atoms with Crippen molar-refractivity contribution in [2.24, 2.45) is 0 Å². The summed E-state index contributed by atoms with van der Waals surface area (Å²) >= 11 is 0. The minimum Gasteiger partial charge on any atom is -0.494 e. The number of esters is 1. The van der Waals surface area contributed by atoms with Gasteiger partial charge in [-0.25, -0.2) is 0 Å². The zero-order valence-corrected chi connectivity index (χ0v) is 11.3. The van der Waals surface area contributed by atoms with E-state index in [0.29, 0.717) is 18.8 Å². The van der Waals surface area contributed by atoms with Crippen LogP contribution >= 0.6 is 0 Å². The molecule has 20 heavy (non-hydrogen) atoms. The van der Waals surface area contributed by atoms with E-state index in [2.05, 4.69) is 0 Å². The molecule has 3 heteroatoms. The zero-order chi connectivity index (χ0) is 13.9. The van der Waals surface area contributed by atoms with Gasteiger partial charge >= 0.3 is 5.97 Å². The summed E-state index contributed by atoms with van der Waals surface area (Å²) in [6, 6.07) is 15.7. The molecular formula is C17H16O3. The highest BCUT2D eigenvalue weighted by atomic mass is 16.5. The van der Waals surface area contributed by atoms with Gasteiger partial charge in [-0.3, -0.25) is 4.79 Å². The van der Waals surface area contributed by atoms with E-state index in [1.807, 2.05) is 55.5 Å². The number of fused-ring (bicyclic) bond motifs is 1. The quantitative estimate of drug-likeness (QED) is 0.631. The van der Waals surface area contributed by atoms with E-state index in [9.17, 15) is 4.79 Å². The maximum atomic E-state index is 11.8. The second-order valence-electron chi connectivity index (χ2n) is 4.77. The summed E-state index contributed by atoms with van der Waals surface area (Å²) in [5, 5.41) is 0. The fraction of sp³-hybridized carbons (Fsp3) is 0.235. The van der Waals surface area contributed by atoms with E-state index in [0.717, 1.165) is 16.9 Å². The molecule has 0 fully saturated rings. The van der Waals surface area contributed by atoms with Crippen LogP contribution < -0.4 is 9.47 Å². The summed E-state index contributed by atoms with van der Waals surface area (Å²) in [4.78, 5) is 11.8. The van der Waals surface area contributed by atoms with Gasteiger partial charge in [0.2, 0.25) is 0 Å². The first kappa shape index (κ1) is 12.7. The summed E-state index contributed by atoms with van der Waals surface area (Å²) in [6.07, 6.45) is 0.368. The Morgan fingerprint density at radius 1 is 1.20 bits per heavy atom. The number of benzene rings is 2. The van der Waals surface area contributed by atoms with Crippen molar-refractivity contribution < 1.29 is 14.3 Å². The van der Waals surface area contributed by atoms with Gasteiger partial charge < -0.3 is 9.47 Å². The Hall–Kier alpha value is -2.29. The third-order valence-electron chi connectivity index (χ3n) is 3.46. The Bertz CT molecular complexity index is 619. The predicted octanol–water partition coefficient (Wildman–Crippen LogP) is 3.53. The van der Waals surface area contributed by atoms with Crippen LogP contribution in [0.25, 0.3) is 0 Å². The Balaban J connectivity index is 2.05. The monoisotopic (exact) mass is 268 g/mol. The molecule has 2 aromatic carbocycles. The first-order valence-electron chi connectivity index (χ1n) is 6.80. The molecule has 0 N–H and O–H groups in total. The number of hydrogen-bond donors (Lipinski definition) is 0. The SMILES string of the molecule is CCOc1ccc2c(c1)C(c1ccccc1)CC(=O)O2. The van der Waals surface area contributed by atoms with E-state index in [1.165, 1.54) is 0 Å². The molecule has 1 atom stereocenters. The predicted molar refractivity (Wildman–Crippen MR) is 76.1 cm³/mol. The third kappa shape index (κ3) is 2.39. The molecule has 2 aromatic rings. The van der Waals surface area contributed by atoms with Crippen molar-refractivity contribution in [1.29, 1.82) is 0 Å². The number of hydrogen-bond acceptors (Lipinski definition) is 3. The van der Waals surface area contributed by atoms with Gasteiger partial charge in [-0.05, 0) is 30.7 Å². The van der Waals surface area contributed by atoms with Gasteiger partial charge in [0, 0.05) is 11.5 Å². The van der Waals surface area contributed by atoms with E-state index >= 15 is 0 Å². The Labute approximate surface area is 118 Å². The van der Waals surface area contributed by atoms with E-state index in [4.69, 9.17) is 9.47 Å². The van der Waals surface area contributed by atoms with E-state index in [-0.39, 0.29) is 11.9 Å². The smallest absolute Gasteiger partial charge is 0.312 e. The van der Waals surface area contributed by atoms with Crippen LogP contribution in [0.15, 0.2) is 48.5 Å². The van der Waals surface area contributed by atoms with Crippen LogP contribution in [-0.2, 0) is 4.79 Å². The molecule has 0 spiro atoms. The summed E-state index contributed by atoms with van der Waals surface area (Å²) in [6.45, 7) is 2.57. The Morgan fingerprint density at radius 3 is 2.75 bits per heavy atom. The maximum Gasteiger partial charge on any atom is 0.312 e. The lowest BCUT2D eigenvalue weighted by molar-refractivity contribution is -0.135. The lowest BCUT2D eigenvalue weighted by Crippen LogP contribution is -2.21. The zero-order valence-electron chi connectivity index (χ0n) is 11.3. The standard InChI is InChI=1S/C17H16O3/c1-2-19-13-8-9-16-15(10-13)14(11-17(18)20-16)12-6-4-3-5-7-12/h3-10,14H,2,11H2,1H3. The van der Waals surface area contributed by atoms with Crippen molar-refractivity contribution in [3.63, 3.8) is 0 Å². The van der Waals surface area contributed by atoms with Crippen LogP contribution in [-0.4, -0.2) is 12.6 Å². The number of ether oxygens (including phenoxy) is 2. The van der Waals surface area contributed by atoms with Crippen molar-refractivity contribution in [3.8, 4) is 11.5 Å². The molecule has 3 rings (SSSR count). The van der Waals surface area contributed by atoms with Crippen LogP contribution in [0, 0.1) is 0 Å². The van der Waals surface area contributed by atoms with Crippen LogP contribution in [0.3, 0.4) is 0 Å². The largest absolute Gasteiger partial charge is 0.494 e. The number of rotatable bonds is 3. The lowest BCUT2D eigenvalue weighted by Gasteiger charge is -2.25. The van der Waals surface area contributed by atoms with Gasteiger partial charge in [0.15, 0.2) is 0 Å². The van der Waals surface area contributed by atoms with Gasteiger partial charge in [-0.1, -0.05) is 30.3 Å². The summed E-state index contributed by atoms with van der Waals surface area (Å²) in [5.74, 6) is 1.30. The van der Waals surface area contributed by atoms with Crippen molar-refractivity contribution in [1.82, 2.24) is 0 Å². The number of carbonyl (C=O) groups excluding carboxylic acids is 1. The van der Waals surface area contributed by atoms with E-state index in [1.54, 1.807) is 0 Å². The minimum absolute atomic E-state index is 0.0351. The molecule has 1 heterocycles. The van der Waals surface area contributed by atoms with E-state index < -0.39 is 0 Å². The average Bonchev–Trinajstić information content (AvgIpc) is 2.48. The number of carbonyl (C=O) groups is 1. The Morgan fingerprint density at radius 2 is 2.00 bits per heavy atom. The normalized spacial score (nSPS) is 17.2. The van der Waals surface area contributed by atoms with Crippen LogP contribution in [0.1, 0.15) is 30.4 Å². The highest BCUT2D eigenvalue weighted by molar-refractivity contribution is 5.77. The highest BCUT2D eigenvalue weighted by Gasteiger charge is 2.28. The van der Waals surface area contributed by atoms with Crippen molar-refractivity contribution in [3.05, 3.63) is 59.7 Å². The first-order valence-corrected chi connectivity index (χ1v) is 6.80. The first-order chi connectivity index (χ1) is 9.78. The summed E-state index contributed by atoms with van der Waals surface area (Å²) in [5.41, 5.74) is 2.14. The third-order valence-corrected chi connectivity index (χ3v) is 3.46. The van der Waals surface area contributed by atoms with Crippen LogP contribution in [0.2, 0.25) is 0 Å². The molecule has 0 bridgehead atoms. The molecule has 0 saturated carbocycles. The fourth-order valence-electron chi connectivity index (χ4n) is 2.57. The van der Waals surface area contributed by atoms with Gasteiger partial charge in [-0.15, -0.1) is 0 Å². The molecule has 1 aliphatic rings. The molecule has 0 aliphatic carbocycles. The van der Waals surface area contributed by atoms with Crippen LogP contribution in [0.5, 0.6) is 11.5 Å². The van der Waals surface area contributed by atoms with Crippen LogP contribution in [0.4, 0.5) is 0 Å². The molecular weight excluding hydrogens is 252 g/mol. The average molecular weight is 268 g/mol. The van der Waals surface area contributed by atoms with Gasteiger partial charge in [-0.2, -0.15) is 0 Å². The van der Waals surface area contributed by atoms with Crippen molar-refractivity contribution >= 4 is 5.97 Å². The molecule has 0 aromatic heterocycles. The summed E-state index contributed by atoms with van der Waals surface area (Å²) < 4.78 is 10.9. The van der Waals surface area contributed by atoms with Crippen molar-refractivity contribution in [2.75, 3.05) is 6.61 Å². The second kappa shape index (κ2) is 5.37. The maximum absolute atomic E-state index is 11.8. The topological polar surface area (TPSA) is 35.5 Å².